The molecule has 0 bridgehead atoms. The maximum absolute atomic E-state index is 10.1. The Morgan fingerprint density at radius 1 is 1.15 bits per heavy atom. The Morgan fingerprint density at radius 3 is 2.55 bits per heavy atom. The summed E-state index contributed by atoms with van der Waals surface area (Å²) < 4.78 is 5.26. The smallest absolute Gasteiger partial charge is 0.261 e. The molecule has 2 aromatic carbocycles. The maximum atomic E-state index is 10.1. The van der Waals surface area contributed by atoms with E-state index in [9.17, 15) is 5.11 Å². The van der Waals surface area contributed by atoms with Gasteiger partial charge < -0.3 is 9.63 Å². The molecule has 0 atom stereocenters. The van der Waals surface area contributed by atoms with Crippen LogP contribution in [-0.4, -0.2) is 15.2 Å². The Bertz CT molecular complexity index is 747. The van der Waals surface area contributed by atoms with Gasteiger partial charge in [0.15, 0.2) is 5.82 Å². The summed E-state index contributed by atoms with van der Waals surface area (Å²) in [6.07, 6.45) is 0.762. The van der Waals surface area contributed by atoms with Crippen LogP contribution in [-0.2, 0) is 6.42 Å². The second-order valence-corrected chi connectivity index (χ2v) is 5.33. The van der Waals surface area contributed by atoms with Crippen molar-refractivity contribution in [1.82, 2.24) is 10.1 Å². The first-order valence-electron chi connectivity index (χ1n) is 6.68. The minimum absolute atomic E-state index is 0.156. The minimum atomic E-state index is 0.156. The van der Waals surface area contributed by atoms with Crippen molar-refractivity contribution in [3.8, 4) is 17.2 Å². The van der Waals surface area contributed by atoms with Crippen LogP contribution in [0.25, 0.3) is 22.2 Å². The summed E-state index contributed by atoms with van der Waals surface area (Å²) in [5.74, 6) is 1.65. The topological polar surface area (TPSA) is 59.2 Å². The van der Waals surface area contributed by atoms with E-state index in [2.05, 4.69) is 24.0 Å². The lowest BCUT2D eigenvalue weighted by Gasteiger charge is -2.03. The molecule has 0 saturated carbocycles. The number of benzene rings is 2. The standard InChI is InChI=1S/C16H16N2O2/c1-10(2)7-15-17-16(20-18-15)13-8-11-5-3-4-6-12(11)9-14(13)19/h3-6,8-10,19H,7H2,1-2H3. The average Bonchev–Trinajstić information content (AvgIpc) is 2.85. The van der Waals surface area contributed by atoms with Gasteiger partial charge in [-0.1, -0.05) is 43.3 Å². The summed E-state index contributed by atoms with van der Waals surface area (Å²) in [6, 6.07) is 11.4. The van der Waals surface area contributed by atoms with Crippen molar-refractivity contribution in [2.75, 3.05) is 0 Å². The lowest BCUT2D eigenvalue weighted by Crippen LogP contribution is -1.95. The van der Waals surface area contributed by atoms with Crippen LogP contribution in [0.2, 0.25) is 0 Å². The van der Waals surface area contributed by atoms with E-state index in [0.29, 0.717) is 23.2 Å². The van der Waals surface area contributed by atoms with E-state index in [4.69, 9.17) is 4.52 Å². The zero-order chi connectivity index (χ0) is 14.1. The summed E-state index contributed by atoms with van der Waals surface area (Å²) >= 11 is 0. The van der Waals surface area contributed by atoms with Gasteiger partial charge in [0.2, 0.25) is 0 Å². The molecule has 0 aliphatic rings. The van der Waals surface area contributed by atoms with Crippen molar-refractivity contribution in [2.45, 2.75) is 20.3 Å². The summed E-state index contributed by atoms with van der Waals surface area (Å²) in [6.45, 7) is 4.20. The largest absolute Gasteiger partial charge is 0.507 e. The summed E-state index contributed by atoms with van der Waals surface area (Å²) in [7, 11) is 0. The van der Waals surface area contributed by atoms with Crippen molar-refractivity contribution in [2.24, 2.45) is 5.92 Å². The predicted octanol–water partition coefficient (Wildman–Crippen LogP) is 3.79. The van der Waals surface area contributed by atoms with Crippen molar-refractivity contribution in [3.63, 3.8) is 0 Å². The molecule has 0 radical (unpaired) electrons. The van der Waals surface area contributed by atoms with Crippen LogP contribution < -0.4 is 0 Å². The lowest BCUT2D eigenvalue weighted by atomic mass is 10.1. The fourth-order valence-corrected chi connectivity index (χ4v) is 2.21. The fourth-order valence-electron chi connectivity index (χ4n) is 2.21. The van der Waals surface area contributed by atoms with E-state index in [-0.39, 0.29) is 5.75 Å². The van der Waals surface area contributed by atoms with Gasteiger partial charge >= 0.3 is 0 Å². The highest BCUT2D eigenvalue weighted by molar-refractivity contribution is 5.89. The number of aromatic hydroxyl groups is 1. The average molecular weight is 268 g/mol. The lowest BCUT2D eigenvalue weighted by molar-refractivity contribution is 0.413. The van der Waals surface area contributed by atoms with Gasteiger partial charge in [-0.2, -0.15) is 4.98 Å². The SMILES string of the molecule is CC(C)Cc1noc(-c2cc3ccccc3cc2O)n1. The number of rotatable bonds is 3. The third-order valence-electron chi connectivity index (χ3n) is 3.15. The number of nitrogens with zero attached hydrogens (tertiary/aromatic N) is 2. The summed E-state index contributed by atoms with van der Waals surface area (Å²) in [5.41, 5.74) is 0.575. The maximum Gasteiger partial charge on any atom is 0.261 e. The second-order valence-electron chi connectivity index (χ2n) is 5.33. The van der Waals surface area contributed by atoms with Gasteiger partial charge in [0.25, 0.3) is 5.89 Å². The molecule has 4 nitrogen and oxygen atoms in total. The molecule has 0 fully saturated rings. The summed E-state index contributed by atoms with van der Waals surface area (Å²) in [5, 5.41) is 16.1. The molecular weight excluding hydrogens is 252 g/mol. The molecule has 0 amide bonds. The Hall–Kier alpha value is -2.36. The number of fused-ring (bicyclic) bond motifs is 1. The molecule has 102 valence electrons. The number of hydrogen-bond donors (Lipinski definition) is 1. The molecule has 0 aliphatic heterocycles. The highest BCUT2D eigenvalue weighted by atomic mass is 16.5. The number of aromatic nitrogens is 2. The summed E-state index contributed by atoms with van der Waals surface area (Å²) in [4.78, 5) is 4.35. The van der Waals surface area contributed by atoms with Gasteiger partial charge in [-0.05, 0) is 28.8 Å². The molecule has 3 rings (SSSR count). The first kappa shape index (κ1) is 12.7. The zero-order valence-corrected chi connectivity index (χ0v) is 11.5. The van der Waals surface area contributed by atoms with Crippen LogP contribution in [0.5, 0.6) is 5.75 Å². The van der Waals surface area contributed by atoms with Crippen LogP contribution in [0.3, 0.4) is 0 Å². The Balaban J connectivity index is 2.05. The van der Waals surface area contributed by atoms with Gasteiger partial charge in [-0.3, -0.25) is 0 Å². The molecule has 0 saturated heterocycles. The highest BCUT2D eigenvalue weighted by Crippen LogP contribution is 2.32. The molecule has 1 aromatic heterocycles. The molecule has 4 heteroatoms. The Kier molecular flexibility index (Phi) is 3.14. The highest BCUT2D eigenvalue weighted by Gasteiger charge is 2.14. The van der Waals surface area contributed by atoms with E-state index in [1.165, 1.54) is 0 Å². The molecule has 0 unspecified atom stereocenters. The van der Waals surface area contributed by atoms with Gasteiger partial charge in [0.1, 0.15) is 5.75 Å². The van der Waals surface area contributed by atoms with Crippen LogP contribution in [0.4, 0.5) is 0 Å². The van der Waals surface area contributed by atoms with E-state index in [1.807, 2.05) is 30.3 Å². The van der Waals surface area contributed by atoms with Crippen LogP contribution in [0.15, 0.2) is 40.9 Å². The first-order chi connectivity index (χ1) is 9.63. The molecule has 0 spiro atoms. The van der Waals surface area contributed by atoms with Crippen LogP contribution in [0.1, 0.15) is 19.7 Å². The quantitative estimate of drug-likeness (QED) is 0.785. The van der Waals surface area contributed by atoms with Crippen molar-refractivity contribution in [3.05, 3.63) is 42.2 Å². The van der Waals surface area contributed by atoms with Gasteiger partial charge in [0.05, 0.1) is 5.56 Å². The second kappa shape index (κ2) is 4.96. The molecule has 1 N–H and O–H groups in total. The third kappa shape index (κ3) is 2.37. The Labute approximate surface area is 117 Å². The Morgan fingerprint density at radius 2 is 1.85 bits per heavy atom. The predicted molar refractivity (Wildman–Crippen MR) is 77.4 cm³/mol. The third-order valence-corrected chi connectivity index (χ3v) is 3.15. The van der Waals surface area contributed by atoms with Crippen molar-refractivity contribution >= 4 is 10.8 Å². The van der Waals surface area contributed by atoms with Crippen molar-refractivity contribution < 1.29 is 9.63 Å². The molecule has 0 aliphatic carbocycles. The monoisotopic (exact) mass is 268 g/mol. The zero-order valence-electron chi connectivity index (χ0n) is 11.5. The van der Waals surface area contributed by atoms with Crippen LogP contribution in [0, 0.1) is 5.92 Å². The number of phenolic OH excluding ortho intramolecular Hbond substituents is 1. The molecular formula is C16H16N2O2. The van der Waals surface area contributed by atoms with E-state index in [1.54, 1.807) is 6.07 Å². The molecule has 1 heterocycles. The van der Waals surface area contributed by atoms with E-state index < -0.39 is 0 Å². The minimum Gasteiger partial charge on any atom is -0.507 e. The molecule has 3 aromatic rings. The normalized spacial score (nSPS) is 11.3. The van der Waals surface area contributed by atoms with Gasteiger partial charge in [-0.15, -0.1) is 0 Å². The van der Waals surface area contributed by atoms with E-state index in [0.717, 1.165) is 17.2 Å². The van der Waals surface area contributed by atoms with E-state index >= 15 is 0 Å². The number of hydrogen-bond acceptors (Lipinski definition) is 4. The number of phenols is 1. The van der Waals surface area contributed by atoms with Crippen LogP contribution >= 0.6 is 0 Å². The first-order valence-corrected chi connectivity index (χ1v) is 6.68. The van der Waals surface area contributed by atoms with Gasteiger partial charge in [-0.25, -0.2) is 0 Å². The fraction of sp³-hybridized carbons (Fsp3) is 0.250. The molecule has 20 heavy (non-hydrogen) atoms. The van der Waals surface area contributed by atoms with Gasteiger partial charge in [0, 0.05) is 6.42 Å². The van der Waals surface area contributed by atoms with Crippen molar-refractivity contribution in [1.29, 1.82) is 0 Å².